The van der Waals surface area contributed by atoms with Crippen molar-refractivity contribution in [2.45, 2.75) is 31.6 Å². The Hall–Kier alpha value is -1.39. The van der Waals surface area contributed by atoms with Crippen LogP contribution in [-0.2, 0) is 27.5 Å². The van der Waals surface area contributed by atoms with Crippen molar-refractivity contribution in [1.29, 1.82) is 0 Å². The van der Waals surface area contributed by atoms with Gasteiger partial charge in [0.25, 0.3) is 0 Å². The van der Waals surface area contributed by atoms with Crippen molar-refractivity contribution < 1.29 is 26.4 Å². The molecule has 1 amide bonds. The zero-order valence-corrected chi connectivity index (χ0v) is 14.2. The minimum absolute atomic E-state index is 0.0712. The maximum atomic E-state index is 12.5. The molecule has 1 N–H and O–H groups in total. The molecule has 134 valence electrons. The molecule has 0 spiro atoms. The number of hydrogen-bond acceptors (Lipinski definition) is 4. The van der Waals surface area contributed by atoms with Crippen molar-refractivity contribution in [3.63, 3.8) is 0 Å². The van der Waals surface area contributed by atoms with Gasteiger partial charge in [-0.05, 0) is 18.9 Å². The van der Waals surface area contributed by atoms with Gasteiger partial charge in [-0.25, -0.2) is 8.42 Å². The molecule has 1 aliphatic heterocycles. The predicted molar refractivity (Wildman–Crippen MR) is 80.7 cm³/mol. The minimum atomic E-state index is -4.56. The van der Waals surface area contributed by atoms with Crippen LogP contribution in [0.4, 0.5) is 13.2 Å². The lowest BCUT2D eigenvalue weighted by atomic mass is 10.2. The highest BCUT2D eigenvalue weighted by Gasteiger charge is 2.36. The highest BCUT2D eigenvalue weighted by atomic mass is 35.5. The number of sulfonamides is 1. The summed E-state index contributed by atoms with van der Waals surface area (Å²) in [4.78, 5) is 15.8. The molecule has 11 heteroatoms. The number of carbonyl (C=O) groups excluding carboxylic acids is 1. The van der Waals surface area contributed by atoms with E-state index in [1.54, 1.807) is 0 Å². The average Bonchev–Trinajstić information content (AvgIpc) is 2.94. The standard InChI is InChI=1S/C13H15ClF3N3O3S/c1-24(22,23)20-4-2-3-11(20)12(21)19-7-10-9(14)5-8(6-18-10)13(15,16)17/h5-6,11H,2-4,7H2,1H3,(H,19,21)/t11-/m0/s1. The SMILES string of the molecule is CS(=O)(=O)N1CCC[C@H]1C(=O)NCc1ncc(C(F)(F)F)cc1Cl. The monoisotopic (exact) mass is 385 g/mol. The van der Waals surface area contributed by atoms with Crippen molar-refractivity contribution in [1.82, 2.24) is 14.6 Å². The van der Waals surface area contributed by atoms with Crippen molar-refractivity contribution in [3.05, 3.63) is 28.5 Å². The normalized spacial score (nSPS) is 19.5. The number of carbonyl (C=O) groups is 1. The van der Waals surface area contributed by atoms with Gasteiger partial charge < -0.3 is 5.32 Å². The van der Waals surface area contributed by atoms with Crippen molar-refractivity contribution in [3.8, 4) is 0 Å². The Kier molecular flexibility index (Phi) is 5.41. The fraction of sp³-hybridized carbons (Fsp3) is 0.538. The average molecular weight is 386 g/mol. The number of hydrogen-bond donors (Lipinski definition) is 1. The number of nitrogens with one attached hydrogen (secondary N) is 1. The maximum absolute atomic E-state index is 12.5. The first-order valence-electron chi connectivity index (χ1n) is 6.96. The minimum Gasteiger partial charge on any atom is -0.349 e. The second-order valence-electron chi connectivity index (χ2n) is 5.40. The second kappa shape index (κ2) is 6.85. The van der Waals surface area contributed by atoms with Crippen LogP contribution in [0.1, 0.15) is 24.1 Å². The summed E-state index contributed by atoms with van der Waals surface area (Å²) in [5, 5.41) is 2.24. The van der Waals surface area contributed by atoms with Gasteiger partial charge in [0.15, 0.2) is 0 Å². The summed E-state index contributed by atoms with van der Waals surface area (Å²) in [6, 6.07) is -0.0951. The summed E-state index contributed by atoms with van der Waals surface area (Å²) in [5.74, 6) is -0.532. The molecule has 2 rings (SSSR count). The molecule has 24 heavy (non-hydrogen) atoms. The number of amides is 1. The van der Waals surface area contributed by atoms with Crippen LogP contribution in [-0.4, -0.2) is 42.5 Å². The fourth-order valence-electron chi connectivity index (χ4n) is 2.44. The smallest absolute Gasteiger partial charge is 0.349 e. The third kappa shape index (κ3) is 4.37. The second-order valence-corrected chi connectivity index (χ2v) is 7.74. The van der Waals surface area contributed by atoms with Crippen LogP contribution in [0.25, 0.3) is 0 Å². The molecule has 0 saturated carbocycles. The largest absolute Gasteiger partial charge is 0.417 e. The van der Waals surface area contributed by atoms with Gasteiger partial charge in [-0.15, -0.1) is 0 Å². The van der Waals surface area contributed by atoms with Crippen molar-refractivity contribution in [2.24, 2.45) is 0 Å². The van der Waals surface area contributed by atoms with E-state index in [0.29, 0.717) is 19.0 Å². The van der Waals surface area contributed by atoms with Crippen LogP contribution in [0.3, 0.4) is 0 Å². The summed E-state index contributed by atoms with van der Waals surface area (Å²) in [7, 11) is -3.50. The van der Waals surface area contributed by atoms with Gasteiger partial charge in [-0.1, -0.05) is 11.6 Å². The first-order valence-corrected chi connectivity index (χ1v) is 9.19. The van der Waals surface area contributed by atoms with Gasteiger partial charge in [0.1, 0.15) is 6.04 Å². The number of pyridine rings is 1. The molecule has 1 saturated heterocycles. The Labute approximate surface area is 142 Å². The van der Waals surface area contributed by atoms with Crippen LogP contribution >= 0.6 is 11.6 Å². The van der Waals surface area contributed by atoms with E-state index < -0.39 is 33.7 Å². The summed E-state index contributed by atoms with van der Waals surface area (Å²) in [6.07, 6.45) is -1.96. The van der Waals surface area contributed by atoms with Gasteiger partial charge >= 0.3 is 6.18 Å². The molecule has 0 radical (unpaired) electrons. The first-order chi connectivity index (χ1) is 11.0. The molecule has 0 aromatic carbocycles. The van der Waals surface area contributed by atoms with E-state index in [-0.39, 0.29) is 23.8 Å². The lowest BCUT2D eigenvalue weighted by Crippen LogP contribution is -2.45. The predicted octanol–water partition coefficient (Wildman–Crippen LogP) is 1.79. The summed E-state index contributed by atoms with van der Waals surface area (Å²) in [5.41, 5.74) is -0.913. The van der Waals surface area contributed by atoms with Gasteiger partial charge in [0.2, 0.25) is 15.9 Å². The lowest BCUT2D eigenvalue weighted by Gasteiger charge is -2.21. The number of alkyl halides is 3. The van der Waals surface area contributed by atoms with Gasteiger partial charge in [0.05, 0.1) is 29.1 Å². The van der Waals surface area contributed by atoms with E-state index >= 15 is 0 Å². The summed E-state index contributed by atoms with van der Waals surface area (Å²) >= 11 is 5.76. The van der Waals surface area contributed by atoms with Gasteiger partial charge in [0, 0.05) is 12.7 Å². The third-order valence-electron chi connectivity index (χ3n) is 3.61. The zero-order chi connectivity index (χ0) is 18.1. The molecule has 1 atom stereocenters. The lowest BCUT2D eigenvalue weighted by molar-refractivity contribution is -0.137. The first kappa shape index (κ1) is 18.9. The Morgan fingerprint density at radius 3 is 2.71 bits per heavy atom. The summed E-state index contributed by atoms with van der Waals surface area (Å²) < 4.78 is 62.0. The fourth-order valence-corrected chi connectivity index (χ4v) is 3.80. The Bertz CT molecular complexity index is 740. The molecule has 1 aromatic heterocycles. The Morgan fingerprint density at radius 1 is 1.50 bits per heavy atom. The highest BCUT2D eigenvalue weighted by Crippen LogP contribution is 2.31. The summed E-state index contributed by atoms with van der Waals surface area (Å²) in [6.45, 7) is 0.0696. The van der Waals surface area contributed by atoms with Crippen LogP contribution in [0.2, 0.25) is 5.02 Å². The quantitative estimate of drug-likeness (QED) is 0.857. The number of rotatable bonds is 4. The number of halogens is 4. The van der Waals surface area contributed by atoms with E-state index in [0.717, 1.165) is 16.6 Å². The Balaban J connectivity index is 2.04. The van der Waals surface area contributed by atoms with Crippen LogP contribution in [0, 0.1) is 0 Å². The molecule has 1 fully saturated rings. The zero-order valence-electron chi connectivity index (χ0n) is 12.6. The Morgan fingerprint density at radius 2 is 2.17 bits per heavy atom. The van der Waals surface area contributed by atoms with Gasteiger partial charge in [-0.2, -0.15) is 17.5 Å². The van der Waals surface area contributed by atoms with E-state index in [2.05, 4.69) is 10.3 Å². The van der Waals surface area contributed by atoms with Gasteiger partial charge in [-0.3, -0.25) is 9.78 Å². The molecule has 6 nitrogen and oxygen atoms in total. The molecule has 1 aliphatic rings. The van der Waals surface area contributed by atoms with Crippen molar-refractivity contribution >= 4 is 27.5 Å². The molecule has 1 aromatic rings. The van der Waals surface area contributed by atoms with E-state index in [4.69, 9.17) is 11.6 Å². The van der Waals surface area contributed by atoms with E-state index in [1.165, 1.54) is 0 Å². The van der Waals surface area contributed by atoms with E-state index in [9.17, 15) is 26.4 Å². The maximum Gasteiger partial charge on any atom is 0.417 e. The third-order valence-corrected chi connectivity index (χ3v) is 5.22. The molecule has 2 heterocycles. The van der Waals surface area contributed by atoms with Crippen LogP contribution < -0.4 is 5.32 Å². The molecular formula is C13H15ClF3N3O3S. The topological polar surface area (TPSA) is 79.4 Å². The molecular weight excluding hydrogens is 371 g/mol. The number of nitrogens with zero attached hydrogens (tertiary/aromatic N) is 2. The van der Waals surface area contributed by atoms with E-state index in [1.807, 2.05) is 0 Å². The molecule has 0 bridgehead atoms. The van der Waals surface area contributed by atoms with Crippen LogP contribution in [0.15, 0.2) is 12.3 Å². The van der Waals surface area contributed by atoms with Crippen LogP contribution in [0.5, 0.6) is 0 Å². The number of aromatic nitrogens is 1. The molecule has 0 unspecified atom stereocenters. The molecule has 0 aliphatic carbocycles. The highest BCUT2D eigenvalue weighted by molar-refractivity contribution is 7.88. The van der Waals surface area contributed by atoms with Crippen molar-refractivity contribution in [2.75, 3.05) is 12.8 Å².